The summed E-state index contributed by atoms with van der Waals surface area (Å²) in [7, 11) is -3.58. The summed E-state index contributed by atoms with van der Waals surface area (Å²) in [5.74, 6) is 0.401. The summed E-state index contributed by atoms with van der Waals surface area (Å²) in [6, 6.07) is 17.7. The first-order valence-electron chi connectivity index (χ1n) is 12.9. The third kappa shape index (κ3) is 5.84. The minimum absolute atomic E-state index is 0.0777. The predicted molar refractivity (Wildman–Crippen MR) is 144 cm³/mol. The molecule has 1 aliphatic carbocycles. The Labute approximate surface area is 223 Å². The zero-order chi connectivity index (χ0) is 26.7. The Morgan fingerprint density at radius 3 is 2.58 bits per heavy atom. The molecule has 2 aliphatic rings. The van der Waals surface area contributed by atoms with Gasteiger partial charge in [-0.25, -0.2) is 13.4 Å². The molecule has 8 nitrogen and oxygen atoms in total. The summed E-state index contributed by atoms with van der Waals surface area (Å²) in [4.78, 5) is 16.4. The van der Waals surface area contributed by atoms with Crippen LogP contribution in [0.3, 0.4) is 0 Å². The molecule has 0 spiro atoms. The number of rotatable bonds is 9. The Morgan fingerprint density at radius 1 is 1.03 bits per heavy atom. The molecule has 2 heterocycles. The first-order chi connectivity index (χ1) is 18.3. The van der Waals surface area contributed by atoms with Gasteiger partial charge in [0.15, 0.2) is 0 Å². The lowest BCUT2D eigenvalue weighted by atomic mass is 9.96. The van der Waals surface area contributed by atoms with Crippen molar-refractivity contribution in [2.75, 3.05) is 25.6 Å². The van der Waals surface area contributed by atoms with E-state index in [-0.39, 0.29) is 24.2 Å². The number of carbonyl (C=O) groups is 1. The number of sulfonamides is 1. The van der Waals surface area contributed by atoms with Crippen LogP contribution >= 0.6 is 0 Å². The zero-order valence-electron chi connectivity index (χ0n) is 21.6. The van der Waals surface area contributed by atoms with Crippen LogP contribution in [0.25, 0.3) is 11.1 Å². The Morgan fingerprint density at radius 2 is 1.84 bits per heavy atom. The van der Waals surface area contributed by atoms with E-state index in [4.69, 9.17) is 14.2 Å². The summed E-state index contributed by atoms with van der Waals surface area (Å²) in [5, 5.41) is 0. The van der Waals surface area contributed by atoms with Crippen molar-refractivity contribution in [2.24, 2.45) is 0 Å². The summed E-state index contributed by atoms with van der Waals surface area (Å²) >= 11 is 0. The number of ether oxygens (including phenoxy) is 3. The standard InChI is InChI=1S/C29H32N2O6S/c1-3-35-15-16-36-29-14-12-23(19(2)30-29)24-5-4-6-26-25(24)11-13-27(26)37-22-9-7-20(8-10-22)21-17-28(32)31-38(33,34)18-21/h4-10,12,14,21,27H,3,11,13,15-18H2,1-2H3,(H,31,32)/t21?,27-/m1/s1. The fourth-order valence-electron chi connectivity index (χ4n) is 5.24. The third-order valence-electron chi connectivity index (χ3n) is 7.00. The highest BCUT2D eigenvalue weighted by Gasteiger charge is 2.31. The van der Waals surface area contributed by atoms with Crippen molar-refractivity contribution in [3.63, 3.8) is 0 Å². The van der Waals surface area contributed by atoms with E-state index in [1.807, 2.05) is 44.2 Å². The minimum Gasteiger partial charge on any atom is -0.486 e. The monoisotopic (exact) mass is 536 g/mol. The van der Waals surface area contributed by atoms with Gasteiger partial charge in [0.05, 0.1) is 12.4 Å². The van der Waals surface area contributed by atoms with E-state index in [2.05, 4.69) is 34.0 Å². The second-order valence-corrected chi connectivity index (χ2v) is 11.4. The van der Waals surface area contributed by atoms with Gasteiger partial charge in [0.25, 0.3) is 0 Å². The molecule has 2 atom stereocenters. The van der Waals surface area contributed by atoms with Gasteiger partial charge in [0.2, 0.25) is 21.8 Å². The number of hydrogen-bond acceptors (Lipinski definition) is 7. The van der Waals surface area contributed by atoms with Crippen LogP contribution in [-0.4, -0.2) is 44.9 Å². The highest BCUT2D eigenvalue weighted by molar-refractivity contribution is 7.90. The molecule has 1 unspecified atom stereocenters. The van der Waals surface area contributed by atoms with Gasteiger partial charge in [-0.1, -0.05) is 30.3 Å². The van der Waals surface area contributed by atoms with Crippen LogP contribution in [0.15, 0.2) is 54.6 Å². The number of benzene rings is 2. The van der Waals surface area contributed by atoms with Crippen LogP contribution in [0.2, 0.25) is 0 Å². The Kier molecular flexibility index (Phi) is 7.67. The summed E-state index contributed by atoms with van der Waals surface area (Å²) in [5.41, 5.74) is 6.39. The van der Waals surface area contributed by atoms with Crippen LogP contribution < -0.4 is 14.2 Å². The number of nitrogens with one attached hydrogen (secondary N) is 1. The Hall–Kier alpha value is -3.43. The summed E-state index contributed by atoms with van der Waals surface area (Å²) in [6.07, 6.45) is 1.84. The number of aryl methyl sites for hydroxylation is 1. The number of fused-ring (bicyclic) bond motifs is 1. The molecule has 0 bridgehead atoms. The SMILES string of the molecule is CCOCCOc1ccc(-c2cccc3c2CC[C@H]3Oc2ccc(C3CC(=O)NS(=O)(=O)C3)cc2)c(C)n1. The molecular weight excluding hydrogens is 504 g/mol. The molecule has 0 saturated carbocycles. The van der Waals surface area contributed by atoms with Crippen molar-refractivity contribution in [1.82, 2.24) is 9.71 Å². The van der Waals surface area contributed by atoms with Crippen LogP contribution in [-0.2, 0) is 26.0 Å². The van der Waals surface area contributed by atoms with Crippen molar-refractivity contribution < 1.29 is 27.4 Å². The van der Waals surface area contributed by atoms with Crippen molar-refractivity contribution >= 4 is 15.9 Å². The van der Waals surface area contributed by atoms with Crippen molar-refractivity contribution in [3.8, 4) is 22.8 Å². The van der Waals surface area contributed by atoms with Gasteiger partial charge in [0, 0.05) is 36.3 Å². The van der Waals surface area contributed by atoms with Crippen molar-refractivity contribution in [1.29, 1.82) is 0 Å². The van der Waals surface area contributed by atoms with E-state index < -0.39 is 15.9 Å². The van der Waals surface area contributed by atoms with E-state index >= 15 is 0 Å². The molecule has 1 saturated heterocycles. The quantitative estimate of drug-likeness (QED) is 0.403. The van der Waals surface area contributed by atoms with Gasteiger partial charge >= 0.3 is 0 Å². The predicted octanol–water partition coefficient (Wildman–Crippen LogP) is 4.47. The molecule has 0 radical (unpaired) electrons. The van der Waals surface area contributed by atoms with Crippen LogP contribution in [0.4, 0.5) is 0 Å². The van der Waals surface area contributed by atoms with Crippen LogP contribution in [0, 0.1) is 6.92 Å². The Bertz CT molecular complexity index is 1420. The molecule has 200 valence electrons. The van der Waals surface area contributed by atoms with Gasteiger partial charge in [-0.2, -0.15) is 0 Å². The molecule has 1 aromatic heterocycles. The molecule has 3 aromatic rings. The van der Waals surface area contributed by atoms with Gasteiger partial charge in [-0.05, 0) is 67.1 Å². The normalized spacial score (nSPS) is 20.0. The highest BCUT2D eigenvalue weighted by Crippen LogP contribution is 2.41. The number of aromatic nitrogens is 1. The zero-order valence-corrected chi connectivity index (χ0v) is 22.4. The lowest BCUT2D eigenvalue weighted by Gasteiger charge is -2.23. The van der Waals surface area contributed by atoms with E-state index in [0.717, 1.165) is 40.8 Å². The number of nitrogens with zero attached hydrogens (tertiary/aromatic N) is 1. The molecule has 38 heavy (non-hydrogen) atoms. The molecule has 1 fully saturated rings. The number of carbonyl (C=O) groups excluding carboxylic acids is 1. The second-order valence-electron chi connectivity index (χ2n) is 9.62. The molecule has 9 heteroatoms. The fourth-order valence-corrected chi connectivity index (χ4v) is 6.60. The maximum absolute atomic E-state index is 11.9. The maximum atomic E-state index is 11.9. The van der Waals surface area contributed by atoms with Crippen molar-refractivity contribution in [2.45, 2.75) is 45.1 Å². The van der Waals surface area contributed by atoms with E-state index in [1.165, 1.54) is 5.56 Å². The highest BCUT2D eigenvalue weighted by atomic mass is 32.2. The lowest BCUT2D eigenvalue weighted by Crippen LogP contribution is -2.40. The lowest BCUT2D eigenvalue weighted by molar-refractivity contribution is -0.119. The topological polar surface area (TPSA) is 104 Å². The first-order valence-corrected chi connectivity index (χ1v) is 14.6. The second kappa shape index (κ2) is 11.1. The molecule has 2 aromatic carbocycles. The third-order valence-corrected chi connectivity index (χ3v) is 8.38. The van der Waals surface area contributed by atoms with E-state index in [1.54, 1.807) is 0 Å². The van der Waals surface area contributed by atoms with E-state index in [0.29, 0.717) is 31.5 Å². The summed E-state index contributed by atoms with van der Waals surface area (Å²) < 4.78 is 43.3. The first kappa shape index (κ1) is 26.2. The molecule has 1 N–H and O–H groups in total. The average Bonchev–Trinajstić information content (AvgIpc) is 3.29. The molecule has 1 aliphatic heterocycles. The maximum Gasteiger partial charge on any atom is 0.235 e. The minimum atomic E-state index is -3.58. The number of pyridine rings is 1. The van der Waals surface area contributed by atoms with Gasteiger partial charge in [0.1, 0.15) is 18.5 Å². The fraction of sp³-hybridized carbons (Fsp3) is 0.379. The van der Waals surface area contributed by atoms with Gasteiger partial charge < -0.3 is 14.2 Å². The van der Waals surface area contributed by atoms with Gasteiger partial charge in [-0.15, -0.1) is 0 Å². The molecular formula is C29H32N2O6S. The Balaban J connectivity index is 1.29. The smallest absolute Gasteiger partial charge is 0.235 e. The number of hydrogen-bond donors (Lipinski definition) is 1. The summed E-state index contributed by atoms with van der Waals surface area (Å²) in [6.45, 7) is 5.62. The average molecular weight is 537 g/mol. The van der Waals surface area contributed by atoms with Crippen LogP contribution in [0.1, 0.15) is 54.2 Å². The molecule has 5 rings (SSSR count). The van der Waals surface area contributed by atoms with Crippen LogP contribution in [0.5, 0.6) is 11.6 Å². The van der Waals surface area contributed by atoms with Crippen molar-refractivity contribution in [3.05, 3.63) is 77.0 Å². The molecule has 1 amide bonds. The van der Waals surface area contributed by atoms with Gasteiger partial charge in [-0.3, -0.25) is 9.52 Å². The van der Waals surface area contributed by atoms with E-state index in [9.17, 15) is 13.2 Å². The number of amides is 1. The largest absolute Gasteiger partial charge is 0.486 e.